The van der Waals surface area contributed by atoms with E-state index in [1.807, 2.05) is 54.7 Å². The van der Waals surface area contributed by atoms with E-state index in [1.54, 1.807) is 19.3 Å². The molecule has 0 aliphatic carbocycles. The highest BCUT2D eigenvalue weighted by atomic mass is 19.1. The molecule has 5 rings (SSSR count). The van der Waals surface area contributed by atoms with E-state index >= 15 is 0 Å². The minimum Gasteiger partial charge on any atom is -0.497 e. The van der Waals surface area contributed by atoms with Gasteiger partial charge in [0.15, 0.2) is 0 Å². The van der Waals surface area contributed by atoms with E-state index in [1.165, 1.54) is 12.1 Å². The minimum absolute atomic E-state index is 0.246. The Hall–Kier alpha value is -4.19. The predicted octanol–water partition coefficient (Wildman–Crippen LogP) is 5.38. The number of fused-ring (bicyclic) bond motifs is 1. The lowest BCUT2D eigenvalue weighted by Crippen LogP contribution is -2.03. The molecule has 1 aliphatic rings. The standard InChI is InChI=1S/C25H18FN3O2/c1-31-19-8-5-16(6-9-19)22-14-27-29-24(22)17-4-2-3-15(11-17)12-21-20-13-18(26)7-10-23(20)28-25(21)30/h2-14H,1H3,(H,27,29)(H,28,30). The zero-order valence-corrected chi connectivity index (χ0v) is 16.6. The molecule has 2 heterocycles. The predicted molar refractivity (Wildman–Crippen MR) is 119 cm³/mol. The summed E-state index contributed by atoms with van der Waals surface area (Å²) < 4.78 is 19.0. The number of carbonyl (C=O) groups is 1. The average molecular weight is 411 g/mol. The maximum atomic E-state index is 13.7. The zero-order valence-electron chi connectivity index (χ0n) is 16.6. The number of aromatic nitrogens is 2. The summed E-state index contributed by atoms with van der Waals surface area (Å²) in [5, 5.41) is 10.2. The van der Waals surface area contributed by atoms with Crippen LogP contribution in [-0.4, -0.2) is 23.2 Å². The first kappa shape index (κ1) is 18.8. The Balaban J connectivity index is 1.53. The third kappa shape index (κ3) is 3.48. The number of nitrogens with zero attached hydrogens (tertiary/aromatic N) is 1. The highest BCUT2D eigenvalue weighted by molar-refractivity contribution is 6.34. The van der Waals surface area contributed by atoms with Gasteiger partial charge in [0, 0.05) is 34.1 Å². The fourth-order valence-corrected chi connectivity index (χ4v) is 3.75. The fourth-order valence-electron chi connectivity index (χ4n) is 3.75. The topological polar surface area (TPSA) is 67.0 Å². The van der Waals surface area contributed by atoms with Gasteiger partial charge in [-0.05, 0) is 53.6 Å². The van der Waals surface area contributed by atoms with Gasteiger partial charge in [0.1, 0.15) is 11.6 Å². The fraction of sp³-hybridized carbons (Fsp3) is 0.0400. The van der Waals surface area contributed by atoms with Crippen LogP contribution in [0.15, 0.2) is 72.9 Å². The number of amides is 1. The van der Waals surface area contributed by atoms with Crippen molar-refractivity contribution in [2.45, 2.75) is 0 Å². The summed E-state index contributed by atoms with van der Waals surface area (Å²) in [7, 11) is 1.63. The smallest absolute Gasteiger partial charge is 0.256 e. The van der Waals surface area contributed by atoms with E-state index in [0.717, 1.165) is 33.7 Å². The molecule has 0 saturated carbocycles. The molecule has 4 aromatic rings. The summed E-state index contributed by atoms with van der Waals surface area (Å²) in [6.45, 7) is 0. The lowest BCUT2D eigenvalue weighted by molar-refractivity contribution is -0.110. The second-order valence-electron chi connectivity index (χ2n) is 7.20. The number of aromatic amines is 1. The van der Waals surface area contributed by atoms with Crippen molar-refractivity contribution in [3.63, 3.8) is 0 Å². The van der Waals surface area contributed by atoms with Gasteiger partial charge in [-0.15, -0.1) is 0 Å². The highest BCUT2D eigenvalue weighted by Gasteiger charge is 2.24. The Bertz CT molecular complexity index is 1320. The normalized spacial score (nSPS) is 13.9. The number of benzene rings is 3. The molecule has 1 aromatic heterocycles. The van der Waals surface area contributed by atoms with Crippen molar-refractivity contribution >= 4 is 23.2 Å². The van der Waals surface area contributed by atoms with Crippen LogP contribution in [0.2, 0.25) is 0 Å². The van der Waals surface area contributed by atoms with Gasteiger partial charge in [0.2, 0.25) is 0 Å². The maximum Gasteiger partial charge on any atom is 0.256 e. The van der Waals surface area contributed by atoms with Crippen LogP contribution in [0.4, 0.5) is 10.1 Å². The van der Waals surface area contributed by atoms with Gasteiger partial charge in [-0.2, -0.15) is 5.10 Å². The van der Waals surface area contributed by atoms with Gasteiger partial charge in [-0.3, -0.25) is 9.89 Å². The Labute approximate surface area is 178 Å². The first-order valence-corrected chi connectivity index (χ1v) is 9.74. The van der Waals surface area contributed by atoms with Crippen LogP contribution in [0.5, 0.6) is 5.75 Å². The molecule has 0 radical (unpaired) electrons. The molecule has 0 saturated heterocycles. The summed E-state index contributed by atoms with van der Waals surface area (Å²) >= 11 is 0. The van der Waals surface area contributed by atoms with Crippen LogP contribution in [0.1, 0.15) is 11.1 Å². The quantitative estimate of drug-likeness (QED) is 0.443. The van der Waals surface area contributed by atoms with Gasteiger partial charge in [0.25, 0.3) is 5.91 Å². The van der Waals surface area contributed by atoms with Crippen molar-refractivity contribution in [3.8, 4) is 28.1 Å². The summed E-state index contributed by atoms with van der Waals surface area (Å²) in [5.41, 5.74) is 6.10. The van der Waals surface area contributed by atoms with Crippen LogP contribution in [-0.2, 0) is 4.79 Å². The van der Waals surface area contributed by atoms with E-state index in [2.05, 4.69) is 15.5 Å². The number of hydrogen-bond donors (Lipinski definition) is 2. The summed E-state index contributed by atoms with van der Waals surface area (Å²) in [4.78, 5) is 12.4. The number of rotatable bonds is 4. The molecule has 152 valence electrons. The van der Waals surface area contributed by atoms with Gasteiger partial charge in [-0.1, -0.05) is 30.3 Å². The molecule has 0 spiro atoms. The van der Waals surface area contributed by atoms with E-state index in [9.17, 15) is 9.18 Å². The van der Waals surface area contributed by atoms with Crippen molar-refractivity contribution in [3.05, 3.63) is 89.9 Å². The van der Waals surface area contributed by atoms with Crippen molar-refractivity contribution in [2.75, 3.05) is 12.4 Å². The number of hydrogen-bond acceptors (Lipinski definition) is 3. The third-order valence-electron chi connectivity index (χ3n) is 5.28. The molecule has 6 heteroatoms. The van der Waals surface area contributed by atoms with Gasteiger partial charge < -0.3 is 10.1 Å². The number of H-pyrrole nitrogens is 1. The second-order valence-corrected chi connectivity index (χ2v) is 7.20. The van der Waals surface area contributed by atoms with Crippen LogP contribution in [0.25, 0.3) is 34.0 Å². The monoisotopic (exact) mass is 411 g/mol. The Morgan fingerprint density at radius 1 is 0.968 bits per heavy atom. The second kappa shape index (κ2) is 7.57. The molecular weight excluding hydrogens is 393 g/mol. The molecule has 2 N–H and O–H groups in total. The Kier molecular flexibility index (Phi) is 4.59. The van der Waals surface area contributed by atoms with Crippen LogP contribution < -0.4 is 10.1 Å². The molecule has 3 aromatic carbocycles. The van der Waals surface area contributed by atoms with Crippen molar-refractivity contribution in [2.24, 2.45) is 0 Å². The Morgan fingerprint density at radius 2 is 1.81 bits per heavy atom. The number of methoxy groups -OCH3 is 1. The first-order chi connectivity index (χ1) is 15.1. The van der Waals surface area contributed by atoms with Gasteiger partial charge in [0.05, 0.1) is 12.8 Å². The Morgan fingerprint density at radius 3 is 2.61 bits per heavy atom. The summed E-state index contributed by atoms with van der Waals surface area (Å²) in [5.74, 6) is 0.161. The minimum atomic E-state index is -0.379. The summed E-state index contributed by atoms with van der Waals surface area (Å²) in [6, 6.07) is 19.8. The molecule has 5 nitrogen and oxygen atoms in total. The van der Waals surface area contributed by atoms with Gasteiger partial charge >= 0.3 is 0 Å². The molecule has 1 aliphatic heterocycles. The van der Waals surface area contributed by atoms with E-state index in [-0.39, 0.29) is 11.7 Å². The summed E-state index contributed by atoms with van der Waals surface area (Å²) in [6.07, 6.45) is 3.62. The number of ether oxygens (including phenoxy) is 1. The van der Waals surface area contributed by atoms with E-state index < -0.39 is 0 Å². The molecule has 31 heavy (non-hydrogen) atoms. The maximum absolute atomic E-state index is 13.7. The first-order valence-electron chi connectivity index (χ1n) is 9.74. The lowest BCUT2D eigenvalue weighted by Gasteiger charge is -2.06. The number of anilines is 1. The SMILES string of the molecule is COc1ccc(-c2c[nH]nc2-c2cccc(C=C3C(=O)Nc4ccc(F)cc43)c2)cc1. The van der Waals surface area contributed by atoms with Crippen LogP contribution in [0.3, 0.4) is 0 Å². The lowest BCUT2D eigenvalue weighted by atomic mass is 9.98. The van der Waals surface area contributed by atoms with E-state index in [0.29, 0.717) is 16.8 Å². The zero-order chi connectivity index (χ0) is 21.4. The van der Waals surface area contributed by atoms with Crippen molar-refractivity contribution in [1.29, 1.82) is 0 Å². The molecule has 0 atom stereocenters. The molecular formula is C25H18FN3O2. The van der Waals surface area contributed by atoms with E-state index in [4.69, 9.17) is 4.74 Å². The molecule has 0 unspecified atom stereocenters. The van der Waals surface area contributed by atoms with Gasteiger partial charge in [-0.25, -0.2) is 4.39 Å². The largest absolute Gasteiger partial charge is 0.497 e. The van der Waals surface area contributed by atoms with Crippen LogP contribution in [0, 0.1) is 5.82 Å². The average Bonchev–Trinajstić information content (AvgIpc) is 3.39. The molecule has 0 fully saturated rings. The third-order valence-corrected chi connectivity index (χ3v) is 5.28. The van der Waals surface area contributed by atoms with Crippen molar-refractivity contribution < 1.29 is 13.9 Å². The molecule has 0 bridgehead atoms. The number of carbonyl (C=O) groups excluding carboxylic acids is 1. The van der Waals surface area contributed by atoms with Crippen LogP contribution >= 0.6 is 0 Å². The number of halogens is 1. The number of nitrogens with one attached hydrogen (secondary N) is 2. The van der Waals surface area contributed by atoms with Crippen molar-refractivity contribution in [1.82, 2.24) is 10.2 Å². The molecule has 1 amide bonds. The highest BCUT2D eigenvalue weighted by Crippen LogP contribution is 2.35.